The summed E-state index contributed by atoms with van der Waals surface area (Å²) in [6.45, 7) is 2.97. The molecule has 3 unspecified atom stereocenters. The molecule has 0 saturated carbocycles. The first-order valence-corrected chi connectivity index (χ1v) is 7.87. The average Bonchev–Trinajstić information content (AvgIpc) is 2.80. The Balaban J connectivity index is 1.87. The van der Waals surface area contributed by atoms with Gasteiger partial charge in [0.25, 0.3) is 0 Å². The Morgan fingerprint density at radius 2 is 2.16 bits per heavy atom. The van der Waals surface area contributed by atoms with Crippen LogP contribution in [0.3, 0.4) is 0 Å². The van der Waals surface area contributed by atoms with Gasteiger partial charge < -0.3 is 5.11 Å². The molecule has 3 rings (SSSR count). The van der Waals surface area contributed by atoms with E-state index in [0.717, 1.165) is 25.1 Å². The van der Waals surface area contributed by atoms with Gasteiger partial charge in [-0.2, -0.15) is 0 Å². The van der Waals surface area contributed by atoms with E-state index in [1.807, 2.05) is 11.8 Å². The largest absolute Gasteiger partial charge is 0.481 e. The molecule has 0 aliphatic carbocycles. The summed E-state index contributed by atoms with van der Waals surface area (Å²) in [4.78, 5) is 15.0. The van der Waals surface area contributed by atoms with Gasteiger partial charge in [0.05, 0.1) is 5.92 Å². The molecule has 3 atom stereocenters. The van der Waals surface area contributed by atoms with Gasteiger partial charge >= 0.3 is 5.97 Å². The molecule has 0 radical (unpaired) electrons. The maximum Gasteiger partial charge on any atom is 0.308 e. The quantitative estimate of drug-likeness (QED) is 0.902. The van der Waals surface area contributed by atoms with Crippen LogP contribution in [0.1, 0.15) is 31.4 Å². The van der Waals surface area contributed by atoms with Gasteiger partial charge in [-0.3, -0.25) is 9.69 Å². The third kappa shape index (κ3) is 2.28. The predicted molar refractivity (Wildman–Crippen MR) is 76.4 cm³/mol. The monoisotopic (exact) mass is 277 g/mol. The van der Waals surface area contributed by atoms with E-state index < -0.39 is 5.97 Å². The molecule has 1 saturated heterocycles. The van der Waals surface area contributed by atoms with E-state index in [1.165, 1.54) is 10.5 Å². The number of fused-ring (bicyclic) bond motifs is 1. The molecule has 2 heterocycles. The molecule has 102 valence electrons. The predicted octanol–water partition coefficient (Wildman–Crippen LogP) is 3.02. The fraction of sp³-hybridized carbons (Fsp3) is 0.533. The van der Waals surface area contributed by atoms with E-state index in [0.29, 0.717) is 6.04 Å². The number of rotatable bonds is 2. The lowest BCUT2D eigenvalue weighted by atomic mass is 9.98. The minimum absolute atomic E-state index is 0.138. The first-order chi connectivity index (χ1) is 9.18. The minimum Gasteiger partial charge on any atom is -0.481 e. The number of carboxylic acids is 1. The van der Waals surface area contributed by atoms with Gasteiger partial charge in [0, 0.05) is 17.0 Å². The molecule has 3 nitrogen and oxygen atoms in total. The van der Waals surface area contributed by atoms with Crippen molar-refractivity contribution in [1.82, 2.24) is 4.90 Å². The highest BCUT2D eigenvalue weighted by molar-refractivity contribution is 7.99. The average molecular weight is 277 g/mol. The summed E-state index contributed by atoms with van der Waals surface area (Å²) in [5.74, 6) is 0.276. The Bertz CT molecular complexity index is 491. The van der Waals surface area contributed by atoms with Crippen LogP contribution in [0, 0.1) is 5.92 Å². The standard InChI is InChI=1S/C15H19NO2S/c1-10-11(15(17)18)6-8-16(10)13-7-9-19-14-5-3-2-4-12(13)14/h2-5,10-11,13H,6-9H2,1H3,(H,17,18). The highest BCUT2D eigenvalue weighted by Crippen LogP contribution is 2.42. The van der Waals surface area contributed by atoms with E-state index in [4.69, 9.17) is 0 Å². The molecule has 1 aromatic carbocycles. The van der Waals surface area contributed by atoms with Gasteiger partial charge in [-0.25, -0.2) is 0 Å². The van der Waals surface area contributed by atoms with Crippen molar-refractivity contribution >= 4 is 17.7 Å². The molecule has 4 heteroatoms. The zero-order chi connectivity index (χ0) is 13.4. The number of benzene rings is 1. The number of nitrogens with zero attached hydrogens (tertiary/aromatic N) is 1. The second kappa shape index (κ2) is 5.17. The van der Waals surface area contributed by atoms with E-state index in [-0.39, 0.29) is 12.0 Å². The van der Waals surface area contributed by atoms with Crippen molar-refractivity contribution in [1.29, 1.82) is 0 Å². The van der Waals surface area contributed by atoms with Gasteiger partial charge in [-0.05, 0) is 43.7 Å². The maximum atomic E-state index is 11.3. The number of carboxylic acid groups (broad SMARTS) is 1. The van der Waals surface area contributed by atoms with Crippen molar-refractivity contribution in [3.05, 3.63) is 29.8 Å². The summed E-state index contributed by atoms with van der Waals surface area (Å²) in [6, 6.07) is 9.10. The van der Waals surface area contributed by atoms with Crippen LogP contribution in [0.15, 0.2) is 29.2 Å². The van der Waals surface area contributed by atoms with Crippen molar-refractivity contribution in [2.24, 2.45) is 5.92 Å². The molecule has 0 amide bonds. The molecule has 1 aromatic rings. The molecule has 1 N–H and O–H groups in total. The molecule has 0 aromatic heterocycles. The third-order valence-electron chi connectivity index (χ3n) is 4.45. The van der Waals surface area contributed by atoms with Crippen LogP contribution in [0.2, 0.25) is 0 Å². The van der Waals surface area contributed by atoms with Gasteiger partial charge in [0.1, 0.15) is 0 Å². The highest BCUT2D eigenvalue weighted by Gasteiger charge is 2.40. The minimum atomic E-state index is -0.645. The number of hydrogen-bond donors (Lipinski definition) is 1. The molecule has 2 aliphatic heterocycles. The lowest BCUT2D eigenvalue weighted by molar-refractivity contribution is -0.142. The van der Waals surface area contributed by atoms with Crippen molar-refractivity contribution in [2.75, 3.05) is 12.3 Å². The van der Waals surface area contributed by atoms with Gasteiger partial charge in [0.2, 0.25) is 0 Å². The van der Waals surface area contributed by atoms with E-state index in [9.17, 15) is 9.90 Å². The molecule has 0 spiro atoms. The Morgan fingerprint density at radius 1 is 1.37 bits per heavy atom. The lowest BCUT2D eigenvalue weighted by Gasteiger charge is -2.36. The molecule has 2 aliphatic rings. The first kappa shape index (κ1) is 13.0. The van der Waals surface area contributed by atoms with Crippen LogP contribution in [-0.4, -0.2) is 34.3 Å². The first-order valence-electron chi connectivity index (χ1n) is 6.89. The van der Waals surface area contributed by atoms with Crippen LogP contribution in [-0.2, 0) is 4.79 Å². The van der Waals surface area contributed by atoms with Gasteiger partial charge in [-0.1, -0.05) is 18.2 Å². The molecular weight excluding hydrogens is 258 g/mol. The zero-order valence-corrected chi connectivity index (χ0v) is 11.9. The summed E-state index contributed by atoms with van der Waals surface area (Å²) in [5, 5.41) is 9.26. The summed E-state index contributed by atoms with van der Waals surface area (Å²) in [7, 11) is 0. The molecular formula is C15H19NO2S. The van der Waals surface area contributed by atoms with Gasteiger partial charge in [0.15, 0.2) is 0 Å². The number of thioether (sulfide) groups is 1. The van der Waals surface area contributed by atoms with Crippen molar-refractivity contribution < 1.29 is 9.90 Å². The molecule has 1 fully saturated rings. The second-order valence-corrected chi connectivity index (χ2v) is 6.54. The van der Waals surface area contributed by atoms with Crippen LogP contribution in [0.4, 0.5) is 0 Å². The van der Waals surface area contributed by atoms with E-state index in [1.54, 1.807) is 0 Å². The smallest absolute Gasteiger partial charge is 0.308 e. The van der Waals surface area contributed by atoms with Crippen molar-refractivity contribution in [2.45, 2.75) is 36.7 Å². The van der Waals surface area contributed by atoms with E-state index in [2.05, 4.69) is 36.1 Å². The Hall–Kier alpha value is -1.00. The van der Waals surface area contributed by atoms with Crippen LogP contribution >= 0.6 is 11.8 Å². The number of likely N-dealkylation sites (tertiary alicyclic amines) is 1. The molecule has 19 heavy (non-hydrogen) atoms. The summed E-state index contributed by atoms with van der Waals surface area (Å²) >= 11 is 1.92. The second-order valence-electron chi connectivity index (χ2n) is 5.40. The number of carbonyl (C=O) groups is 1. The SMILES string of the molecule is CC1C(C(=O)O)CCN1C1CCSc2ccccc21. The third-order valence-corrected chi connectivity index (χ3v) is 5.57. The normalized spacial score (nSPS) is 31.1. The Morgan fingerprint density at radius 3 is 2.89 bits per heavy atom. The van der Waals surface area contributed by atoms with E-state index >= 15 is 0 Å². The summed E-state index contributed by atoms with van der Waals surface area (Å²) < 4.78 is 0. The van der Waals surface area contributed by atoms with Crippen molar-refractivity contribution in [3.63, 3.8) is 0 Å². The topological polar surface area (TPSA) is 40.5 Å². The van der Waals surface area contributed by atoms with Crippen LogP contribution < -0.4 is 0 Å². The maximum absolute atomic E-state index is 11.3. The zero-order valence-electron chi connectivity index (χ0n) is 11.1. The summed E-state index contributed by atoms with van der Waals surface area (Å²) in [5.41, 5.74) is 1.39. The number of aliphatic carboxylic acids is 1. The Kier molecular flexibility index (Phi) is 3.54. The fourth-order valence-corrected chi connectivity index (χ4v) is 4.51. The summed E-state index contributed by atoms with van der Waals surface area (Å²) in [6.07, 6.45) is 1.90. The van der Waals surface area contributed by atoms with Gasteiger partial charge in [-0.15, -0.1) is 11.8 Å². The molecule has 0 bridgehead atoms. The number of hydrogen-bond acceptors (Lipinski definition) is 3. The fourth-order valence-electron chi connectivity index (χ4n) is 3.40. The van der Waals surface area contributed by atoms with Crippen LogP contribution in [0.25, 0.3) is 0 Å². The lowest BCUT2D eigenvalue weighted by Crippen LogP contribution is -2.37. The van der Waals surface area contributed by atoms with Crippen molar-refractivity contribution in [3.8, 4) is 0 Å². The van der Waals surface area contributed by atoms with Crippen LogP contribution in [0.5, 0.6) is 0 Å². The Labute approximate surface area is 118 Å². The highest BCUT2D eigenvalue weighted by atomic mass is 32.2.